The van der Waals surface area contributed by atoms with E-state index in [-0.39, 0.29) is 5.91 Å². The summed E-state index contributed by atoms with van der Waals surface area (Å²) in [6.45, 7) is 9.38. The number of rotatable bonds is 2. The van der Waals surface area contributed by atoms with E-state index in [4.69, 9.17) is 0 Å². The van der Waals surface area contributed by atoms with Crippen molar-refractivity contribution in [3.8, 4) is 0 Å². The second kappa shape index (κ2) is 11.6. The molecule has 4 nitrogen and oxygen atoms in total. The van der Waals surface area contributed by atoms with Gasteiger partial charge in [-0.1, -0.05) is 39.8 Å². The molecule has 0 aromatic heterocycles. The van der Waals surface area contributed by atoms with Crippen molar-refractivity contribution in [2.45, 2.75) is 34.6 Å². The Morgan fingerprint density at radius 2 is 1.56 bits per heavy atom. The molecule has 18 heavy (non-hydrogen) atoms. The van der Waals surface area contributed by atoms with Crippen LogP contribution in [0, 0.1) is 0 Å². The maximum absolute atomic E-state index is 11.2. The van der Waals surface area contributed by atoms with Gasteiger partial charge in [-0.3, -0.25) is 4.79 Å². The Bertz CT molecular complexity index is 362. The fourth-order valence-electron chi connectivity index (χ4n) is 1.07. The highest BCUT2D eigenvalue weighted by atomic mass is 16.5. The molecule has 1 aromatic carbocycles. The average molecular weight is 253 g/mol. The summed E-state index contributed by atoms with van der Waals surface area (Å²) >= 11 is 0. The molecule has 1 rings (SSSR count). The van der Waals surface area contributed by atoms with Gasteiger partial charge in [0.25, 0.3) is 0 Å². The number of carbonyl (C=O) groups is 2. The van der Waals surface area contributed by atoms with Gasteiger partial charge in [-0.25, -0.2) is 4.79 Å². The highest BCUT2D eigenvalue weighted by Crippen LogP contribution is 2.15. The molecular formula is C14H23NO3. The van der Waals surface area contributed by atoms with Gasteiger partial charge in [-0.15, -0.1) is 0 Å². The number of carbonyl (C=O) groups excluding carboxylic acids is 2. The summed E-state index contributed by atoms with van der Waals surface area (Å²) in [5.74, 6) is -0.685. The predicted molar refractivity (Wildman–Crippen MR) is 74.8 cm³/mol. The fourth-order valence-corrected chi connectivity index (χ4v) is 1.07. The molecule has 0 aliphatic carbocycles. The first kappa shape index (κ1) is 18.5. The molecule has 0 aliphatic rings. The number of methoxy groups -OCH3 is 1. The zero-order valence-electron chi connectivity index (χ0n) is 12.0. The molecule has 0 aliphatic heterocycles. The molecule has 1 N–H and O–H groups in total. The van der Waals surface area contributed by atoms with Crippen molar-refractivity contribution in [2.24, 2.45) is 0 Å². The molecule has 0 spiro atoms. The maximum Gasteiger partial charge on any atom is 0.339 e. The molecule has 0 bridgehead atoms. The molecular weight excluding hydrogens is 230 g/mol. The van der Waals surface area contributed by atoms with Crippen LogP contribution in [0.5, 0.6) is 0 Å². The molecule has 0 atom stereocenters. The minimum atomic E-state index is -0.464. The van der Waals surface area contributed by atoms with Gasteiger partial charge in [-0.2, -0.15) is 0 Å². The third kappa shape index (κ3) is 6.68. The number of esters is 1. The van der Waals surface area contributed by atoms with Crippen LogP contribution in [-0.2, 0) is 9.53 Å². The number of amides is 1. The van der Waals surface area contributed by atoms with Crippen molar-refractivity contribution in [1.29, 1.82) is 0 Å². The average Bonchev–Trinajstić information content (AvgIpc) is 2.42. The van der Waals surface area contributed by atoms with Crippen LogP contribution in [-0.4, -0.2) is 19.0 Å². The Balaban J connectivity index is 0. The van der Waals surface area contributed by atoms with E-state index in [1.165, 1.54) is 14.0 Å². The summed E-state index contributed by atoms with van der Waals surface area (Å²) in [7, 11) is 1.30. The van der Waals surface area contributed by atoms with Crippen LogP contribution in [0.15, 0.2) is 24.3 Å². The van der Waals surface area contributed by atoms with Crippen LogP contribution in [0.2, 0.25) is 0 Å². The van der Waals surface area contributed by atoms with Crippen LogP contribution in [0.3, 0.4) is 0 Å². The van der Waals surface area contributed by atoms with Crippen molar-refractivity contribution in [2.75, 3.05) is 12.4 Å². The lowest BCUT2D eigenvalue weighted by molar-refractivity contribution is -0.114. The second-order valence-corrected chi connectivity index (χ2v) is 2.72. The summed E-state index contributed by atoms with van der Waals surface area (Å²) in [5, 5.41) is 2.55. The quantitative estimate of drug-likeness (QED) is 0.821. The van der Waals surface area contributed by atoms with Gasteiger partial charge in [0.05, 0.1) is 18.4 Å². The number of para-hydroxylation sites is 1. The second-order valence-electron chi connectivity index (χ2n) is 2.72. The molecule has 0 radical (unpaired) electrons. The van der Waals surface area contributed by atoms with Gasteiger partial charge in [0.2, 0.25) is 5.91 Å². The minimum absolute atomic E-state index is 0.221. The van der Waals surface area contributed by atoms with Crippen molar-refractivity contribution >= 4 is 17.6 Å². The van der Waals surface area contributed by atoms with E-state index in [1.807, 2.05) is 27.7 Å². The topological polar surface area (TPSA) is 55.4 Å². The summed E-state index contributed by atoms with van der Waals surface area (Å²) in [6.07, 6.45) is 0. The normalized spacial score (nSPS) is 7.89. The first-order valence-electron chi connectivity index (χ1n) is 6.10. The van der Waals surface area contributed by atoms with E-state index in [0.717, 1.165) is 0 Å². The zero-order chi connectivity index (χ0) is 14.6. The molecule has 0 fully saturated rings. The lowest BCUT2D eigenvalue weighted by Crippen LogP contribution is -2.11. The molecule has 4 heteroatoms. The Kier molecular flexibility index (Phi) is 12.0. The summed E-state index contributed by atoms with van der Waals surface area (Å²) in [5.41, 5.74) is 0.817. The molecule has 1 amide bonds. The fraction of sp³-hybridized carbons (Fsp3) is 0.429. The van der Waals surface area contributed by atoms with E-state index in [2.05, 4.69) is 10.1 Å². The van der Waals surface area contributed by atoms with Crippen molar-refractivity contribution < 1.29 is 14.3 Å². The zero-order valence-corrected chi connectivity index (χ0v) is 12.0. The molecule has 0 saturated carbocycles. The first-order chi connectivity index (χ1) is 8.65. The van der Waals surface area contributed by atoms with Crippen LogP contribution < -0.4 is 5.32 Å². The van der Waals surface area contributed by atoms with Gasteiger partial charge in [-0.05, 0) is 12.1 Å². The number of hydrogen-bond donors (Lipinski definition) is 1. The summed E-state index contributed by atoms with van der Waals surface area (Å²) < 4.78 is 4.57. The highest BCUT2D eigenvalue weighted by molar-refractivity contribution is 6.00. The SMILES string of the molecule is CC.CC.COC(=O)c1ccccc1NC(C)=O. The number of hydrogen-bond acceptors (Lipinski definition) is 3. The van der Waals surface area contributed by atoms with Gasteiger partial charge in [0.15, 0.2) is 0 Å². The van der Waals surface area contributed by atoms with Crippen molar-refractivity contribution in [3.05, 3.63) is 29.8 Å². The van der Waals surface area contributed by atoms with Crippen LogP contribution >= 0.6 is 0 Å². The van der Waals surface area contributed by atoms with Crippen molar-refractivity contribution in [3.63, 3.8) is 0 Å². The minimum Gasteiger partial charge on any atom is -0.465 e. The van der Waals surface area contributed by atoms with Crippen LogP contribution in [0.1, 0.15) is 45.0 Å². The van der Waals surface area contributed by atoms with Gasteiger partial charge in [0.1, 0.15) is 0 Å². The molecule has 0 saturated heterocycles. The summed E-state index contributed by atoms with van der Waals surface area (Å²) in [4.78, 5) is 22.1. The smallest absolute Gasteiger partial charge is 0.339 e. The van der Waals surface area contributed by atoms with Crippen LogP contribution in [0.4, 0.5) is 5.69 Å². The Morgan fingerprint density at radius 3 is 2.00 bits per heavy atom. The Morgan fingerprint density at radius 1 is 1.06 bits per heavy atom. The third-order valence-corrected chi connectivity index (χ3v) is 1.64. The molecule has 102 valence electrons. The maximum atomic E-state index is 11.2. The standard InChI is InChI=1S/C10H11NO3.2C2H6/c1-7(12)11-9-6-4-3-5-8(9)10(13)14-2;2*1-2/h3-6H,1-2H3,(H,11,12);2*1-2H3. The summed E-state index contributed by atoms with van der Waals surface area (Å²) in [6, 6.07) is 6.68. The van der Waals surface area contributed by atoms with E-state index < -0.39 is 5.97 Å². The number of nitrogens with one attached hydrogen (secondary N) is 1. The third-order valence-electron chi connectivity index (χ3n) is 1.64. The number of ether oxygens (including phenoxy) is 1. The van der Waals surface area contributed by atoms with E-state index >= 15 is 0 Å². The monoisotopic (exact) mass is 253 g/mol. The number of benzene rings is 1. The lowest BCUT2D eigenvalue weighted by atomic mass is 10.2. The van der Waals surface area contributed by atoms with E-state index in [1.54, 1.807) is 24.3 Å². The van der Waals surface area contributed by atoms with Gasteiger partial charge < -0.3 is 10.1 Å². The van der Waals surface area contributed by atoms with Crippen molar-refractivity contribution in [1.82, 2.24) is 0 Å². The number of anilines is 1. The first-order valence-corrected chi connectivity index (χ1v) is 6.10. The Hall–Kier alpha value is -1.84. The molecule has 0 heterocycles. The van der Waals surface area contributed by atoms with Gasteiger partial charge in [0, 0.05) is 6.92 Å². The van der Waals surface area contributed by atoms with Gasteiger partial charge >= 0.3 is 5.97 Å². The molecule has 1 aromatic rings. The van der Waals surface area contributed by atoms with Crippen LogP contribution in [0.25, 0.3) is 0 Å². The largest absolute Gasteiger partial charge is 0.465 e. The molecule has 0 unspecified atom stereocenters. The highest BCUT2D eigenvalue weighted by Gasteiger charge is 2.10. The predicted octanol–water partition coefficient (Wildman–Crippen LogP) is 3.48. The Labute approximate surface area is 109 Å². The lowest BCUT2D eigenvalue weighted by Gasteiger charge is -2.06. The van der Waals surface area contributed by atoms with E-state index in [9.17, 15) is 9.59 Å². The van der Waals surface area contributed by atoms with E-state index in [0.29, 0.717) is 11.3 Å².